The second kappa shape index (κ2) is 5.23. The van der Waals surface area contributed by atoms with E-state index in [0.717, 1.165) is 12.0 Å². The molecule has 0 amide bonds. The van der Waals surface area contributed by atoms with Crippen LogP contribution in [0.15, 0.2) is 24.3 Å². The van der Waals surface area contributed by atoms with Crippen LogP contribution in [-0.4, -0.2) is 12.7 Å². The van der Waals surface area contributed by atoms with Crippen molar-refractivity contribution >= 4 is 5.69 Å². The van der Waals surface area contributed by atoms with Gasteiger partial charge in [-0.3, -0.25) is 0 Å². The molecule has 90 valence electrons. The molecule has 1 rings (SSSR count). The lowest BCUT2D eigenvalue weighted by Gasteiger charge is -2.10. The first kappa shape index (κ1) is 12.9. The number of anilines is 1. The average Bonchev–Trinajstić information content (AvgIpc) is 2.14. The highest BCUT2D eigenvalue weighted by Gasteiger charge is 2.26. The lowest BCUT2D eigenvalue weighted by atomic mass is 10.0. The van der Waals surface area contributed by atoms with Crippen molar-refractivity contribution in [2.24, 2.45) is 5.92 Å². The smallest absolute Gasteiger partial charge is 0.376 e. The van der Waals surface area contributed by atoms with Crippen LogP contribution >= 0.6 is 0 Å². The minimum atomic E-state index is -4.17. The standard InChI is InChI=1S/C12H16F3N/c1-9(2)7-10-3-5-11(6-4-10)16-8-12(13,14)15/h3-6,9,16H,7-8H2,1-2H3. The Labute approximate surface area is 93.7 Å². The largest absolute Gasteiger partial charge is 0.405 e. The van der Waals surface area contributed by atoms with Gasteiger partial charge in [-0.25, -0.2) is 0 Å². The molecule has 0 atom stereocenters. The Hall–Kier alpha value is -1.19. The van der Waals surface area contributed by atoms with E-state index in [-0.39, 0.29) is 0 Å². The summed E-state index contributed by atoms with van der Waals surface area (Å²) in [7, 11) is 0. The fraction of sp³-hybridized carbons (Fsp3) is 0.500. The van der Waals surface area contributed by atoms with Crippen LogP contribution in [0, 0.1) is 5.92 Å². The number of halogens is 3. The van der Waals surface area contributed by atoms with Crippen LogP contribution in [0.25, 0.3) is 0 Å². The maximum absolute atomic E-state index is 11.9. The van der Waals surface area contributed by atoms with Gasteiger partial charge in [0.2, 0.25) is 0 Å². The molecule has 0 saturated carbocycles. The minimum Gasteiger partial charge on any atom is -0.376 e. The van der Waals surface area contributed by atoms with E-state index in [4.69, 9.17) is 0 Å². The molecule has 0 heterocycles. The predicted octanol–water partition coefficient (Wildman–Crippen LogP) is 3.86. The van der Waals surface area contributed by atoms with Crippen LogP contribution in [0.1, 0.15) is 19.4 Å². The van der Waals surface area contributed by atoms with Crippen LogP contribution < -0.4 is 5.32 Å². The van der Waals surface area contributed by atoms with Crippen LogP contribution in [0.2, 0.25) is 0 Å². The van der Waals surface area contributed by atoms with Gasteiger partial charge in [0.25, 0.3) is 0 Å². The summed E-state index contributed by atoms with van der Waals surface area (Å²) in [5.74, 6) is 0.550. The van der Waals surface area contributed by atoms with Gasteiger partial charge < -0.3 is 5.32 Å². The van der Waals surface area contributed by atoms with Gasteiger partial charge >= 0.3 is 6.18 Å². The van der Waals surface area contributed by atoms with Gasteiger partial charge in [-0.05, 0) is 30.0 Å². The second-order valence-corrected chi connectivity index (χ2v) is 4.26. The third kappa shape index (κ3) is 5.05. The first-order chi connectivity index (χ1) is 7.37. The maximum atomic E-state index is 11.9. The normalized spacial score (nSPS) is 11.9. The first-order valence-electron chi connectivity index (χ1n) is 5.26. The summed E-state index contributed by atoms with van der Waals surface area (Å²) in [5.41, 5.74) is 1.65. The first-order valence-corrected chi connectivity index (χ1v) is 5.26. The molecule has 4 heteroatoms. The summed E-state index contributed by atoms with van der Waals surface area (Å²) in [6, 6.07) is 7.09. The molecule has 0 bridgehead atoms. The number of hydrogen-bond acceptors (Lipinski definition) is 1. The molecule has 0 unspecified atom stereocenters. The summed E-state index contributed by atoms with van der Waals surface area (Å²) in [6.45, 7) is 3.22. The molecule has 0 spiro atoms. The van der Waals surface area contributed by atoms with E-state index in [2.05, 4.69) is 19.2 Å². The monoisotopic (exact) mass is 231 g/mol. The summed E-state index contributed by atoms with van der Waals surface area (Å²) < 4.78 is 35.8. The molecule has 1 aromatic carbocycles. The highest BCUT2D eigenvalue weighted by Crippen LogP contribution is 2.17. The van der Waals surface area contributed by atoms with Crippen LogP contribution in [0.5, 0.6) is 0 Å². The zero-order chi connectivity index (χ0) is 12.2. The molecule has 0 aliphatic rings. The summed E-state index contributed by atoms with van der Waals surface area (Å²) >= 11 is 0. The maximum Gasteiger partial charge on any atom is 0.405 e. The lowest BCUT2D eigenvalue weighted by molar-refractivity contribution is -0.115. The molecule has 0 fully saturated rings. The van der Waals surface area contributed by atoms with E-state index < -0.39 is 12.7 Å². The van der Waals surface area contributed by atoms with Crippen molar-refractivity contribution in [2.45, 2.75) is 26.4 Å². The predicted molar refractivity (Wildman–Crippen MR) is 59.5 cm³/mol. The number of rotatable bonds is 4. The molecule has 1 nitrogen and oxygen atoms in total. The van der Waals surface area contributed by atoms with Gasteiger partial charge in [-0.2, -0.15) is 13.2 Å². The van der Waals surface area contributed by atoms with E-state index in [1.165, 1.54) is 0 Å². The zero-order valence-corrected chi connectivity index (χ0v) is 9.43. The molecular weight excluding hydrogens is 215 g/mol. The molecule has 1 aromatic rings. The molecule has 0 aromatic heterocycles. The molecule has 0 aliphatic heterocycles. The molecule has 0 saturated heterocycles. The minimum absolute atomic E-state index is 0.504. The van der Waals surface area contributed by atoms with Gasteiger partial charge in [0.15, 0.2) is 0 Å². The lowest BCUT2D eigenvalue weighted by Crippen LogP contribution is -2.21. The molecule has 0 radical (unpaired) electrons. The number of hydrogen-bond donors (Lipinski definition) is 1. The van der Waals surface area contributed by atoms with Gasteiger partial charge in [-0.1, -0.05) is 26.0 Å². The van der Waals surface area contributed by atoms with Gasteiger partial charge in [0, 0.05) is 5.69 Å². The van der Waals surface area contributed by atoms with Crippen molar-refractivity contribution in [1.82, 2.24) is 0 Å². The fourth-order valence-electron chi connectivity index (χ4n) is 1.43. The Morgan fingerprint density at radius 2 is 1.69 bits per heavy atom. The topological polar surface area (TPSA) is 12.0 Å². The van der Waals surface area contributed by atoms with Crippen molar-refractivity contribution < 1.29 is 13.2 Å². The zero-order valence-electron chi connectivity index (χ0n) is 9.43. The molecule has 16 heavy (non-hydrogen) atoms. The summed E-state index contributed by atoms with van der Waals surface area (Å²) in [6.07, 6.45) is -3.23. The Kier molecular flexibility index (Phi) is 4.21. The van der Waals surface area contributed by atoms with E-state index in [9.17, 15) is 13.2 Å². The number of alkyl halides is 3. The Morgan fingerprint density at radius 1 is 1.12 bits per heavy atom. The summed E-state index contributed by atoms with van der Waals surface area (Å²) in [4.78, 5) is 0. The second-order valence-electron chi connectivity index (χ2n) is 4.26. The van der Waals surface area contributed by atoms with Crippen LogP contribution in [-0.2, 0) is 6.42 Å². The average molecular weight is 231 g/mol. The fourth-order valence-corrected chi connectivity index (χ4v) is 1.43. The van der Waals surface area contributed by atoms with Crippen LogP contribution in [0.3, 0.4) is 0 Å². The third-order valence-electron chi connectivity index (χ3n) is 2.09. The third-order valence-corrected chi connectivity index (χ3v) is 2.09. The Bertz CT molecular complexity index is 314. The Balaban J connectivity index is 2.51. The SMILES string of the molecule is CC(C)Cc1ccc(NCC(F)(F)F)cc1. The molecule has 1 N–H and O–H groups in total. The van der Waals surface area contributed by atoms with Crippen molar-refractivity contribution in [2.75, 3.05) is 11.9 Å². The Morgan fingerprint density at radius 3 is 2.12 bits per heavy atom. The van der Waals surface area contributed by atoms with Gasteiger partial charge in [0.05, 0.1) is 0 Å². The number of benzene rings is 1. The van der Waals surface area contributed by atoms with Gasteiger partial charge in [-0.15, -0.1) is 0 Å². The van der Waals surface area contributed by atoms with E-state index >= 15 is 0 Å². The van der Waals surface area contributed by atoms with Gasteiger partial charge in [0.1, 0.15) is 6.54 Å². The molecule has 0 aliphatic carbocycles. The highest BCUT2D eigenvalue weighted by atomic mass is 19.4. The van der Waals surface area contributed by atoms with Crippen molar-refractivity contribution in [3.63, 3.8) is 0 Å². The van der Waals surface area contributed by atoms with Crippen molar-refractivity contribution in [3.05, 3.63) is 29.8 Å². The van der Waals surface area contributed by atoms with Crippen molar-refractivity contribution in [3.8, 4) is 0 Å². The van der Waals surface area contributed by atoms with E-state index in [1.807, 2.05) is 12.1 Å². The summed E-state index contributed by atoms with van der Waals surface area (Å²) in [5, 5.41) is 2.34. The van der Waals surface area contributed by atoms with E-state index in [0.29, 0.717) is 11.6 Å². The highest BCUT2D eigenvalue weighted by molar-refractivity contribution is 5.44. The van der Waals surface area contributed by atoms with Crippen molar-refractivity contribution in [1.29, 1.82) is 0 Å². The number of nitrogens with one attached hydrogen (secondary N) is 1. The van der Waals surface area contributed by atoms with E-state index in [1.54, 1.807) is 12.1 Å². The van der Waals surface area contributed by atoms with Crippen LogP contribution in [0.4, 0.5) is 18.9 Å². The molecular formula is C12H16F3N. The quantitative estimate of drug-likeness (QED) is 0.829.